The molecule has 3 aromatic rings. The highest BCUT2D eigenvalue weighted by atomic mass is 32.1. The summed E-state index contributed by atoms with van der Waals surface area (Å²) in [5.41, 5.74) is 2.13. The molecule has 3 N–H and O–H groups in total. The van der Waals surface area contributed by atoms with E-state index < -0.39 is 11.9 Å². The molecule has 10 nitrogen and oxygen atoms in total. The fourth-order valence-electron chi connectivity index (χ4n) is 2.80. The number of aliphatic carboxylic acids is 2. The van der Waals surface area contributed by atoms with Crippen molar-refractivity contribution in [3.05, 3.63) is 78.0 Å². The van der Waals surface area contributed by atoms with E-state index in [2.05, 4.69) is 15.2 Å². The summed E-state index contributed by atoms with van der Waals surface area (Å²) < 4.78 is 16.1. The number of carbonyl (C=O) groups is 2. The minimum Gasteiger partial charge on any atom is -0.493 e. The molecule has 0 saturated heterocycles. The number of nitrogens with one attached hydrogen (secondary N) is 1. The van der Waals surface area contributed by atoms with Crippen molar-refractivity contribution in [1.29, 1.82) is 0 Å². The Bertz CT molecular complexity index is 1060. The van der Waals surface area contributed by atoms with E-state index in [0.29, 0.717) is 36.2 Å². The van der Waals surface area contributed by atoms with Crippen LogP contribution in [0, 0.1) is 0 Å². The Morgan fingerprint density at radius 1 is 1.03 bits per heavy atom. The summed E-state index contributed by atoms with van der Waals surface area (Å²) in [4.78, 5) is 24.5. The molecule has 0 atom stereocenters. The predicted octanol–water partition coefficient (Wildman–Crippen LogP) is 2.92. The number of rotatable bonds is 8. The van der Waals surface area contributed by atoms with E-state index in [4.69, 9.17) is 45.9 Å². The number of carboxylic acids is 2. The number of nitrogens with zero attached hydrogens (tertiary/aromatic N) is 2. The number of thiocarbonyl (C=S) groups is 1. The molecular formula is C23H25N3O7S. The molecule has 0 radical (unpaired) electrons. The zero-order valence-electron chi connectivity index (χ0n) is 18.6. The van der Waals surface area contributed by atoms with E-state index in [9.17, 15) is 0 Å². The second-order valence-electron chi connectivity index (χ2n) is 6.76. The number of aromatic nitrogens is 1. The number of ether oxygens (including phenoxy) is 2. The molecule has 1 aromatic carbocycles. The first-order chi connectivity index (χ1) is 16.3. The van der Waals surface area contributed by atoms with Crippen LogP contribution in [0.3, 0.4) is 0 Å². The first kappa shape index (κ1) is 26.1. The molecule has 0 saturated carbocycles. The van der Waals surface area contributed by atoms with Gasteiger partial charge in [0.1, 0.15) is 5.76 Å². The van der Waals surface area contributed by atoms with E-state index in [-0.39, 0.29) is 0 Å². The lowest BCUT2D eigenvalue weighted by molar-refractivity contribution is -0.159. The first-order valence-corrected chi connectivity index (χ1v) is 10.4. The SMILES string of the molecule is COc1ccc(CN(Cc2cccnc2)C(=S)NCc2ccco2)cc1OC.O=C(O)C(=O)O. The molecule has 0 aliphatic heterocycles. The van der Waals surface area contributed by atoms with Crippen molar-refractivity contribution in [1.82, 2.24) is 15.2 Å². The third kappa shape index (κ3) is 8.43. The van der Waals surface area contributed by atoms with Crippen LogP contribution in [0.15, 0.2) is 65.5 Å². The Kier molecular flexibility index (Phi) is 10.3. The van der Waals surface area contributed by atoms with Gasteiger partial charge in [-0.05, 0) is 53.7 Å². The summed E-state index contributed by atoms with van der Waals surface area (Å²) in [6.07, 6.45) is 5.25. The van der Waals surface area contributed by atoms with Gasteiger partial charge in [-0.2, -0.15) is 0 Å². The van der Waals surface area contributed by atoms with Crippen LogP contribution in [-0.4, -0.2) is 51.4 Å². The molecule has 0 unspecified atom stereocenters. The van der Waals surface area contributed by atoms with E-state index in [0.717, 1.165) is 16.9 Å². The Hall–Kier alpha value is -4.12. The fourth-order valence-corrected chi connectivity index (χ4v) is 3.00. The van der Waals surface area contributed by atoms with Crippen LogP contribution >= 0.6 is 12.2 Å². The average molecular weight is 488 g/mol. The number of carboxylic acid groups (broad SMARTS) is 2. The summed E-state index contributed by atoms with van der Waals surface area (Å²) in [6, 6.07) is 13.6. The molecule has 0 bridgehead atoms. The largest absolute Gasteiger partial charge is 0.493 e. The molecule has 0 aliphatic rings. The maximum absolute atomic E-state index is 9.10. The van der Waals surface area contributed by atoms with Gasteiger partial charge in [0.2, 0.25) is 0 Å². The Labute approximate surface area is 201 Å². The van der Waals surface area contributed by atoms with Crippen LogP contribution in [0.1, 0.15) is 16.9 Å². The molecule has 0 spiro atoms. The van der Waals surface area contributed by atoms with Crippen molar-refractivity contribution >= 4 is 29.3 Å². The molecule has 34 heavy (non-hydrogen) atoms. The maximum Gasteiger partial charge on any atom is 0.414 e. The van der Waals surface area contributed by atoms with Gasteiger partial charge in [-0.1, -0.05) is 12.1 Å². The highest BCUT2D eigenvalue weighted by Crippen LogP contribution is 2.28. The van der Waals surface area contributed by atoms with Gasteiger partial charge >= 0.3 is 11.9 Å². The van der Waals surface area contributed by atoms with Gasteiger partial charge < -0.3 is 34.3 Å². The third-order valence-corrected chi connectivity index (χ3v) is 4.78. The summed E-state index contributed by atoms with van der Waals surface area (Å²) in [5, 5.41) is 18.7. The van der Waals surface area contributed by atoms with Gasteiger partial charge in [0.25, 0.3) is 0 Å². The minimum absolute atomic E-state index is 0.529. The number of methoxy groups -OCH3 is 2. The minimum atomic E-state index is -1.82. The second-order valence-corrected chi connectivity index (χ2v) is 7.14. The molecule has 0 amide bonds. The number of furan rings is 1. The Morgan fingerprint density at radius 2 is 1.74 bits per heavy atom. The van der Waals surface area contributed by atoms with Gasteiger partial charge in [0, 0.05) is 25.5 Å². The number of pyridine rings is 1. The lowest BCUT2D eigenvalue weighted by Gasteiger charge is -2.26. The smallest absolute Gasteiger partial charge is 0.414 e. The fraction of sp³-hybridized carbons (Fsp3) is 0.217. The molecule has 2 aromatic heterocycles. The van der Waals surface area contributed by atoms with Crippen molar-refractivity contribution in [2.45, 2.75) is 19.6 Å². The lowest BCUT2D eigenvalue weighted by Crippen LogP contribution is -2.38. The molecule has 3 rings (SSSR count). The third-order valence-electron chi connectivity index (χ3n) is 4.38. The number of hydrogen-bond donors (Lipinski definition) is 3. The van der Waals surface area contributed by atoms with Crippen molar-refractivity contribution < 1.29 is 33.7 Å². The Morgan fingerprint density at radius 3 is 2.29 bits per heavy atom. The zero-order chi connectivity index (χ0) is 24.9. The maximum atomic E-state index is 9.10. The summed E-state index contributed by atoms with van der Waals surface area (Å²) in [5.74, 6) is -1.43. The first-order valence-electron chi connectivity index (χ1n) is 9.95. The van der Waals surface area contributed by atoms with Crippen molar-refractivity contribution in [2.24, 2.45) is 0 Å². The van der Waals surface area contributed by atoms with Crippen LogP contribution in [0.4, 0.5) is 0 Å². The lowest BCUT2D eigenvalue weighted by atomic mass is 10.1. The van der Waals surface area contributed by atoms with Crippen LogP contribution in [0.5, 0.6) is 11.5 Å². The number of benzene rings is 1. The van der Waals surface area contributed by atoms with Crippen LogP contribution in [0.2, 0.25) is 0 Å². The molecule has 0 fully saturated rings. The zero-order valence-corrected chi connectivity index (χ0v) is 19.4. The Balaban J connectivity index is 0.000000604. The quantitative estimate of drug-likeness (QED) is 0.320. The topological polar surface area (TPSA) is 134 Å². The molecule has 11 heteroatoms. The number of hydrogen-bond acceptors (Lipinski definition) is 7. The van der Waals surface area contributed by atoms with Gasteiger partial charge in [-0.15, -0.1) is 0 Å². The predicted molar refractivity (Wildman–Crippen MR) is 126 cm³/mol. The van der Waals surface area contributed by atoms with Gasteiger partial charge in [0.15, 0.2) is 16.6 Å². The van der Waals surface area contributed by atoms with Crippen LogP contribution in [0.25, 0.3) is 0 Å². The molecule has 2 heterocycles. The summed E-state index contributed by atoms with van der Waals surface area (Å²) in [6.45, 7) is 1.77. The standard InChI is InChI=1S/C21H23N3O3S.C2H2O4/c1-25-19-8-7-16(11-20(19)26-2)14-24(15-17-5-3-9-22-12-17)21(28)23-13-18-6-4-10-27-18;3-1(4)2(5)6/h3-12H,13-15H2,1-2H3,(H,23,28);(H,3,4)(H,5,6). The monoisotopic (exact) mass is 487 g/mol. The molecule has 0 aliphatic carbocycles. The van der Waals surface area contributed by atoms with Crippen molar-refractivity contribution in [2.75, 3.05) is 14.2 Å². The highest BCUT2D eigenvalue weighted by Gasteiger charge is 2.14. The molecule has 180 valence electrons. The van der Waals surface area contributed by atoms with Gasteiger partial charge in [0.05, 0.1) is 27.0 Å². The van der Waals surface area contributed by atoms with Gasteiger partial charge in [-0.25, -0.2) is 9.59 Å². The highest BCUT2D eigenvalue weighted by molar-refractivity contribution is 7.80. The summed E-state index contributed by atoms with van der Waals surface area (Å²) >= 11 is 5.65. The van der Waals surface area contributed by atoms with E-state index in [1.807, 2.05) is 48.7 Å². The van der Waals surface area contributed by atoms with E-state index in [1.165, 1.54) is 0 Å². The second kappa shape index (κ2) is 13.4. The van der Waals surface area contributed by atoms with Crippen LogP contribution in [-0.2, 0) is 29.2 Å². The van der Waals surface area contributed by atoms with Crippen molar-refractivity contribution in [3.8, 4) is 11.5 Å². The van der Waals surface area contributed by atoms with Crippen LogP contribution < -0.4 is 14.8 Å². The summed E-state index contributed by atoms with van der Waals surface area (Å²) in [7, 11) is 3.25. The van der Waals surface area contributed by atoms with Crippen molar-refractivity contribution in [3.63, 3.8) is 0 Å². The normalized spacial score (nSPS) is 9.82. The molecular weight excluding hydrogens is 462 g/mol. The van der Waals surface area contributed by atoms with E-state index >= 15 is 0 Å². The average Bonchev–Trinajstić information content (AvgIpc) is 3.36. The van der Waals surface area contributed by atoms with Gasteiger partial charge in [-0.3, -0.25) is 4.98 Å². The van der Waals surface area contributed by atoms with E-state index in [1.54, 1.807) is 26.7 Å².